The van der Waals surface area contributed by atoms with Crippen LogP contribution in [0.15, 0.2) is 61.2 Å². The average molecular weight is 423 g/mol. The molecule has 1 saturated heterocycles. The van der Waals surface area contributed by atoms with E-state index < -0.39 is 0 Å². The van der Waals surface area contributed by atoms with E-state index in [9.17, 15) is 9.59 Å². The van der Waals surface area contributed by atoms with Crippen molar-refractivity contribution < 1.29 is 19.1 Å². The predicted octanol–water partition coefficient (Wildman–Crippen LogP) is 3.57. The van der Waals surface area contributed by atoms with Gasteiger partial charge in [-0.25, -0.2) is 0 Å². The minimum Gasteiger partial charge on any atom is -0.493 e. The van der Waals surface area contributed by atoms with Gasteiger partial charge in [0.25, 0.3) is 5.91 Å². The Morgan fingerprint density at radius 2 is 1.71 bits per heavy atom. The van der Waals surface area contributed by atoms with Gasteiger partial charge < -0.3 is 19.3 Å². The molecular formula is C25H30N2O4. The predicted molar refractivity (Wildman–Crippen MR) is 121 cm³/mol. The maximum atomic E-state index is 12.9. The van der Waals surface area contributed by atoms with Crippen molar-refractivity contribution in [2.75, 3.05) is 39.9 Å². The molecule has 1 fully saturated rings. The van der Waals surface area contributed by atoms with Crippen molar-refractivity contribution in [3.05, 3.63) is 72.3 Å². The van der Waals surface area contributed by atoms with Gasteiger partial charge in [0.15, 0.2) is 11.5 Å². The van der Waals surface area contributed by atoms with E-state index in [0.29, 0.717) is 56.3 Å². The van der Waals surface area contributed by atoms with E-state index in [1.807, 2.05) is 23.1 Å². The summed E-state index contributed by atoms with van der Waals surface area (Å²) in [4.78, 5) is 29.1. The number of piperazine rings is 1. The van der Waals surface area contributed by atoms with Gasteiger partial charge in [-0.1, -0.05) is 43.0 Å². The van der Waals surface area contributed by atoms with E-state index in [2.05, 4.69) is 18.7 Å². The van der Waals surface area contributed by atoms with Crippen molar-refractivity contribution in [3.63, 3.8) is 0 Å². The molecule has 6 heteroatoms. The van der Waals surface area contributed by atoms with E-state index in [-0.39, 0.29) is 11.8 Å². The maximum Gasteiger partial charge on any atom is 0.254 e. The van der Waals surface area contributed by atoms with Crippen LogP contribution in [0, 0.1) is 0 Å². The molecule has 0 aromatic heterocycles. The SMILES string of the molecule is C=CCOc1ccc(C(=O)N2CCN(C(=O)CCCc3ccccc3)CC2)cc1OC. The Balaban J connectivity index is 1.49. The highest BCUT2D eigenvalue weighted by molar-refractivity contribution is 5.95. The monoisotopic (exact) mass is 422 g/mol. The number of carbonyl (C=O) groups is 2. The molecule has 164 valence electrons. The number of methoxy groups -OCH3 is 1. The Bertz CT molecular complexity index is 890. The molecule has 0 saturated carbocycles. The van der Waals surface area contributed by atoms with E-state index in [1.54, 1.807) is 36.3 Å². The first kappa shape index (κ1) is 22.4. The van der Waals surface area contributed by atoms with E-state index >= 15 is 0 Å². The largest absolute Gasteiger partial charge is 0.493 e. The zero-order valence-electron chi connectivity index (χ0n) is 18.1. The topological polar surface area (TPSA) is 59.1 Å². The van der Waals surface area contributed by atoms with Crippen molar-refractivity contribution in [2.45, 2.75) is 19.3 Å². The highest BCUT2D eigenvalue weighted by Gasteiger charge is 2.25. The van der Waals surface area contributed by atoms with Crippen LogP contribution in [-0.2, 0) is 11.2 Å². The van der Waals surface area contributed by atoms with Gasteiger partial charge in [0.1, 0.15) is 6.61 Å². The molecule has 0 atom stereocenters. The third kappa shape index (κ3) is 6.10. The number of hydrogen-bond acceptors (Lipinski definition) is 4. The molecular weight excluding hydrogens is 392 g/mol. The van der Waals surface area contributed by atoms with Crippen LogP contribution in [0.5, 0.6) is 11.5 Å². The molecule has 6 nitrogen and oxygen atoms in total. The minimum absolute atomic E-state index is 0.0650. The Morgan fingerprint density at radius 3 is 2.39 bits per heavy atom. The van der Waals surface area contributed by atoms with Crippen LogP contribution in [0.1, 0.15) is 28.8 Å². The molecule has 2 amide bonds. The lowest BCUT2D eigenvalue weighted by atomic mass is 10.1. The van der Waals surface area contributed by atoms with Crippen LogP contribution in [0.2, 0.25) is 0 Å². The van der Waals surface area contributed by atoms with Crippen molar-refractivity contribution in [3.8, 4) is 11.5 Å². The van der Waals surface area contributed by atoms with Gasteiger partial charge in [-0.2, -0.15) is 0 Å². The fourth-order valence-corrected chi connectivity index (χ4v) is 3.66. The normalized spacial score (nSPS) is 13.6. The molecule has 1 aliphatic rings. The van der Waals surface area contributed by atoms with Gasteiger partial charge in [-0.05, 0) is 36.6 Å². The van der Waals surface area contributed by atoms with Crippen molar-refractivity contribution in [1.82, 2.24) is 9.80 Å². The molecule has 3 rings (SSSR count). The first-order chi connectivity index (χ1) is 15.1. The van der Waals surface area contributed by atoms with Gasteiger partial charge in [-0.15, -0.1) is 0 Å². The fourth-order valence-electron chi connectivity index (χ4n) is 3.66. The summed E-state index contributed by atoms with van der Waals surface area (Å²) in [6.45, 7) is 6.18. The Morgan fingerprint density at radius 1 is 1.00 bits per heavy atom. The number of aryl methyl sites for hydroxylation is 1. The minimum atomic E-state index is -0.0650. The van der Waals surface area contributed by atoms with Gasteiger partial charge in [0.05, 0.1) is 7.11 Å². The molecule has 0 aliphatic carbocycles. The van der Waals surface area contributed by atoms with Crippen LogP contribution in [-0.4, -0.2) is 61.5 Å². The number of benzene rings is 2. The molecule has 0 bridgehead atoms. The summed E-state index contributed by atoms with van der Waals surface area (Å²) in [5, 5.41) is 0. The van der Waals surface area contributed by atoms with Crippen molar-refractivity contribution in [2.24, 2.45) is 0 Å². The summed E-state index contributed by atoms with van der Waals surface area (Å²) in [6, 6.07) is 15.4. The lowest BCUT2D eigenvalue weighted by molar-refractivity contribution is -0.132. The van der Waals surface area contributed by atoms with Crippen LogP contribution >= 0.6 is 0 Å². The third-order valence-corrected chi connectivity index (χ3v) is 5.39. The highest BCUT2D eigenvalue weighted by atomic mass is 16.5. The number of rotatable bonds is 9. The van der Waals surface area contributed by atoms with Crippen LogP contribution in [0.25, 0.3) is 0 Å². The van der Waals surface area contributed by atoms with Gasteiger partial charge in [0, 0.05) is 38.2 Å². The highest BCUT2D eigenvalue weighted by Crippen LogP contribution is 2.28. The molecule has 1 aliphatic heterocycles. The number of nitrogens with zero attached hydrogens (tertiary/aromatic N) is 2. The summed E-state index contributed by atoms with van der Waals surface area (Å²) >= 11 is 0. The second-order valence-corrected chi connectivity index (χ2v) is 7.48. The first-order valence-electron chi connectivity index (χ1n) is 10.6. The molecule has 0 spiro atoms. The quantitative estimate of drug-likeness (QED) is 0.580. The Kier molecular flexibility index (Phi) is 8.10. The summed E-state index contributed by atoms with van der Waals surface area (Å²) < 4.78 is 10.9. The van der Waals surface area contributed by atoms with Crippen LogP contribution < -0.4 is 9.47 Å². The maximum absolute atomic E-state index is 12.9. The summed E-state index contributed by atoms with van der Waals surface area (Å²) in [6.07, 6.45) is 3.93. The molecule has 0 unspecified atom stereocenters. The third-order valence-electron chi connectivity index (χ3n) is 5.39. The second-order valence-electron chi connectivity index (χ2n) is 7.48. The van der Waals surface area contributed by atoms with Crippen molar-refractivity contribution in [1.29, 1.82) is 0 Å². The standard InChI is InChI=1S/C25H30N2O4/c1-3-18-31-22-13-12-21(19-23(22)30-2)25(29)27-16-14-26(15-17-27)24(28)11-7-10-20-8-5-4-6-9-20/h3-6,8-9,12-13,19H,1,7,10-11,14-18H2,2H3. The van der Waals surface area contributed by atoms with E-state index in [0.717, 1.165) is 12.8 Å². The molecule has 2 aromatic rings. The zero-order chi connectivity index (χ0) is 22.1. The number of amides is 2. The van der Waals surface area contributed by atoms with Gasteiger partial charge in [-0.3, -0.25) is 9.59 Å². The number of ether oxygens (including phenoxy) is 2. The van der Waals surface area contributed by atoms with E-state index in [4.69, 9.17) is 9.47 Å². The molecule has 2 aromatic carbocycles. The first-order valence-corrected chi connectivity index (χ1v) is 10.6. The molecule has 31 heavy (non-hydrogen) atoms. The fraction of sp³-hybridized carbons (Fsp3) is 0.360. The van der Waals surface area contributed by atoms with Gasteiger partial charge in [0.2, 0.25) is 5.91 Å². The second kappa shape index (κ2) is 11.2. The molecule has 0 N–H and O–H groups in total. The summed E-state index contributed by atoms with van der Waals surface area (Å²) in [7, 11) is 1.55. The van der Waals surface area contributed by atoms with Crippen LogP contribution in [0.4, 0.5) is 0 Å². The average Bonchev–Trinajstić information content (AvgIpc) is 2.83. The Hall–Kier alpha value is -3.28. The number of hydrogen-bond donors (Lipinski definition) is 0. The summed E-state index contributed by atoms with van der Waals surface area (Å²) in [5.41, 5.74) is 1.80. The lowest BCUT2D eigenvalue weighted by Crippen LogP contribution is -2.50. The number of carbonyl (C=O) groups excluding carboxylic acids is 2. The lowest BCUT2D eigenvalue weighted by Gasteiger charge is -2.35. The van der Waals surface area contributed by atoms with Crippen molar-refractivity contribution >= 4 is 11.8 Å². The summed E-state index contributed by atoms with van der Waals surface area (Å²) in [5.74, 6) is 1.18. The molecule has 1 heterocycles. The van der Waals surface area contributed by atoms with Gasteiger partial charge >= 0.3 is 0 Å². The Labute approximate surface area is 184 Å². The molecule has 0 radical (unpaired) electrons. The van der Waals surface area contributed by atoms with E-state index in [1.165, 1.54) is 5.56 Å². The zero-order valence-corrected chi connectivity index (χ0v) is 18.1. The smallest absolute Gasteiger partial charge is 0.254 e. The van der Waals surface area contributed by atoms with Crippen LogP contribution in [0.3, 0.4) is 0 Å².